The Labute approximate surface area is 213 Å². The lowest BCUT2D eigenvalue weighted by molar-refractivity contribution is 0.0519. The number of carbonyl (C=O) groups excluding carboxylic acids is 1. The van der Waals surface area contributed by atoms with E-state index in [0.717, 1.165) is 39.7 Å². The summed E-state index contributed by atoms with van der Waals surface area (Å²) in [7, 11) is -0.0217. The predicted octanol–water partition coefficient (Wildman–Crippen LogP) is 6.15. The van der Waals surface area contributed by atoms with Crippen molar-refractivity contribution in [2.24, 2.45) is 7.05 Å². The highest BCUT2D eigenvalue weighted by atomic mass is 35.5. The maximum atomic E-state index is 12.9. The van der Waals surface area contributed by atoms with Crippen LogP contribution < -0.4 is 0 Å². The van der Waals surface area contributed by atoms with Gasteiger partial charge in [-0.15, -0.1) is 0 Å². The zero-order valence-corrected chi connectivity index (χ0v) is 23.9. The number of hydrogen-bond donors (Lipinski definition) is 2. The minimum absolute atomic E-state index is 0.140. The summed E-state index contributed by atoms with van der Waals surface area (Å²) in [5.74, 6) is -0.392. The molecule has 0 fully saturated rings. The third-order valence-electron chi connectivity index (χ3n) is 7.16. The minimum atomic E-state index is -1.85. The summed E-state index contributed by atoms with van der Waals surface area (Å²) in [4.78, 5) is 16.2. The Hall–Kier alpha value is -2.13. The van der Waals surface area contributed by atoms with E-state index in [0.29, 0.717) is 29.4 Å². The van der Waals surface area contributed by atoms with Crippen molar-refractivity contribution < 1.29 is 19.1 Å². The van der Waals surface area contributed by atoms with Crippen molar-refractivity contribution >= 4 is 36.8 Å². The molecule has 0 aliphatic rings. The van der Waals surface area contributed by atoms with Crippen molar-refractivity contribution in [1.29, 1.82) is 0 Å². The first-order chi connectivity index (χ1) is 16.3. The topological polar surface area (TPSA) is 89.4 Å². The first kappa shape index (κ1) is 27.5. The number of nitrogens with one attached hydrogen (secondary N) is 1. The molecule has 0 aliphatic carbocycles. The molecule has 0 radical (unpaired) electrons. The summed E-state index contributed by atoms with van der Waals surface area (Å²) in [6.45, 7) is 15.6. The normalized spacial score (nSPS) is 12.5. The molecule has 0 amide bonds. The molecule has 2 heterocycles. The van der Waals surface area contributed by atoms with Gasteiger partial charge in [-0.2, -0.15) is 5.10 Å². The molecule has 0 atom stereocenters. The number of aromatic nitrogens is 3. The summed E-state index contributed by atoms with van der Waals surface area (Å²) >= 11 is 6.70. The van der Waals surface area contributed by atoms with E-state index in [4.69, 9.17) is 20.8 Å². The van der Waals surface area contributed by atoms with Crippen molar-refractivity contribution in [3.8, 4) is 11.1 Å². The van der Waals surface area contributed by atoms with Crippen molar-refractivity contribution in [2.45, 2.75) is 72.2 Å². The number of aliphatic hydroxyl groups excluding tert-OH is 1. The highest BCUT2D eigenvalue weighted by Crippen LogP contribution is 2.41. The molecule has 2 aromatic heterocycles. The molecule has 192 valence electrons. The Balaban J connectivity index is 2.07. The third-order valence-corrected chi connectivity index (χ3v) is 12.0. The molecule has 3 rings (SSSR count). The maximum Gasteiger partial charge on any atom is 0.355 e. The van der Waals surface area contributed by atoms with Crippen LogP contribution in [0.25, 0.3) is 22.0 Å². The fourth-order valence-corrected chi connectivity index (χ4v) is 5.42. The SMILES string of the molecule is CCOC(=O)c1[nH]c2c(-c3c(CO)nn(C)c3C)c(Cl)ccc2c1CCCO[Si](C)(C)C(C)(C)C. The number of aryl methyl sites for hydroxylation is 2. The van der Waals surface area contributed by atoms with Gasteiger partial charge in [-0.25, -0.2) is 4.79 Å². The van der Waals surface area contributed by atoms with Gasteiger partial charge >= 0.3 is 5.97 Å². The van der Waals surface area contributed by atoms with Crippen molar-refractivity contribution in [3.05, 3.63) is 39.8 Å². The van der Waals surface area contributed by atoms with E-state index in [2.05, 4.69) is 43.9 Å². The third kappa shape index (κ3) is 5.35. The summed E-state index contributed by atoms with van der Waals surface area (Å²) in [6.07, 6.45) is 1.43. The van der Waals surface area contributed by atoms with Crippen LogP contribution in [0.3, 0.4) is 0 Å². The second kappa shape index (κ2) is 10.5. The van der Waals surface area contributed by atoms with Gasteiger partial charge < -0.3 is 19.3 Å². The number of esters is 1. The van der Waals surface area contributed by atoms with Crippen LogP contribution in [0.4, 0.5) is 0 Å². The summed E-state index contributed by atoms with van der Waals surface area (Å²) < 4.78 is 13.5. The van der Waals surface area contributed by atoms with Gasteiger partial charge in [0.15, 0.2) is 8.32 Å². The maximum absolute atomic E-state index is 12.9. The number of halogens is 1. The molecule has 0 saturated heterocycles. The van der Waals surface area contributed by atoms with Crippen LogP contribution >= 0.6 is 11.6 Å². The van der Waals surface area contributed by atoms with Crippen LogP contribution in [0, 0.1) is 6.92 Å². The number of H-pyrrole nitrogens is 1. The van der Waals surface area contributed by atoms with Crippen molar-refractivity contribution in [3.63, 3.8) is 0 Å². The fraction of sp³-hybridized carbons (Fsp3) is 0.538. The Morgan fingerprint density at radius 2 is 1.94 bits per heavy atom. The highest BCUT2D eigenvalue weighted by molar-refractivity contribution is 6.74. The van der Waals surface area contributed by atoms with Gasteiger partial charge in [0.25, 0.3) is 0 Å². The van der Waals surface area contributed by atoms with Gasteiger partial charge in [0.05, 0.1) is 29.4 Å². The van der Waals surface area contributed by atoms with E-state index in [1.54, 1.807) is 11.6 Å². The number of nitrogens with zero attached hydrogens (tertiary/aromatic N) is 2. The largest absolute Gasteiger partial charge is 0.461 e. The number of hydrogen-bond acceptors (Lipinski definition) is 5. The molecule has 3 aromatic rings. The first-order valence-electron chi connectivity index (χ1n) is 12.1. The molecule has 0 unspecified atom stereocenters. The Morgan fingerprint density at radius 3 is 2.54 bits per heavy atom. The molecule has 1 aromatic carbocycles. The number of ether oxygens (including phenoxy) is 1. The molecule has 2 N–H and O–H groups in total. The Kier molecular flexibility index (Phi) is 8.21. The number of aliphatic hydroxyl groups is 1. The van der Waals surface area contributed by atoms with Gasteiger partial charge in [-0.3, -0.25) is 4.68 Å². The van der Waals surface area contributed by atoms with Crippen molar-refractivity contribution in [1.82, 2.24) is 14.8 Å². The van der Waals surface area contributed by atoms with Crippen molar-refractivity contribution in [2.75, 3.05) is 13.2 Å². The predicted molar refractivity (Wildman–Crippen MR) is 144 cm³/mol. The van der Waals surface area contributed by atoms with Gasteiger partial charge in [-0.1, -0.05) is 38.4 Å². The quantitative estimate of drug-likeness (QED) is 0.201. The van der Waals surface area contributed by atoms with Gasteiger partial charge in [0, 0.05) is 35.9 Å². The van der Waals surface area contributed by atoms with Gasteiger partial charge in [0.2, 0.25) is 0 Å². The van der Waals surface area contributed by atoms with E-state index in [1.165, 1.54) is 0 Å². The second-order valence-electron chi connectivity index (χ2n) is 10.4. The number of carbonyl (C=O) groups is 1. The molecular formula is C26H38ClN3O4Si. The minimum Gasteiger partial charge on any atom is -0.461 e. The van der Waals surface area contributed by atoms with E-state index >= 15 is 0 Å². The van der Waals surface area contributed by atoms with Gasteiger partial charge in [-0.05, 0) is 56.5 Å². The number of rotatable bonds is 9. The zero-order valence-electron chi connectivity index (χ0n) is 22.1. The van der Waals surface area contributed by atoms with Gasteiger partial charge in [0.1, 0.15) is 5.69 Å². The van der Waals surface area contributed by atoms with E-state index in [1.807, 2.05) is 26.1 Å². The van der Waals surface area contributed by atoms with Crippen LogP contribution in [0.5, 0.6) is 0 Å². The second-order valence-corrected chi connectivity index (χ2v) is 15.7. The van der Waals surface area contributed by atoms with Crippen LogP contribution in [0.1, 0.15) is 61.6 Å². The zero-order chi connectivity index (χ0) is 26.1. The fourth-order valence-electron chi connectivity index (χ4n) is 4.08. The molecular weight excluding hydrogens is 482 g/mol. The summed E-state index contributed by atoms with van der Waals surface area (Å²) in [5.41, 5.74) is 4.98. The van der Waals surface area contributed by atoms with E-state index < -0.39 is 14.3 Å². The van der Waals surface area contributed by atoms with Crippen LogP contribution in [0.2, 0.25) is 23.2 Å². The molecule has 0 bridgehead atoms. The lowest BCUT2D eigenvalue weighted by Crippen LogP contribution is -2.41. The van der Waals surface area contributed by atoms with Crippen LogP contribution in [-0.4, -0.2) is 47.4 Å². The molecule has 0 spiro atoms. The average molecular weight is 520 g/mol. The first-order valence-corrected chi connectivity index (χ1v) is 15.4. The summed E-state index contributed by atoms with van der Waals surface area (Å²) in [6, 6.07) is 3.78. The molecule has 35 heavy (non-hydrogen) atoms. The average Bonchev–Trinajstić information content (AvgIpc) is 3.28. The molecule has 0 saturated carbocycles. The Bertz CT molecular complexity index is 1220. The number of aromatic amines is 1. The molecule has 0 aliphatic heterocycles. The van der Waals surface area contributed by atoms with E-state index in [9.17, 15) is 9.90 Å². The number of benzene rings is 1. The van der Waals surface area contributed by atoms with Crippen LogP contribution in [-0.2, 0) is 29.2 Å². The van der Waals surface area contributed by atoms with E-state index in [-0.39, 0.29) is 18.3 Å². The lowest BCUT2D eigenvalue weighted by atomic mass is 9.98. The monoisotopic (exact) mass is 519 g/mol. The van der Waals surface area contributed by atoms with Crippen LogP contribution in [0.15, 0.2) is 12.1 Å². The number of fused-ring (bicyclic) bond motifs is 1. The molecule has 9 heteroatoms. The lowest BCUT2D eigenvalue weighted by Gasteiger charge is -2.36. The Morgan fingerprint density at radius 1 is 1.26 bits per heavy atom. The molecule has 7 nitrogen and oxygen atoms in total. The highest BCUT2D eigenvalue weighted by Gasteiger charge is 2.37. The summed E-state index contributed by atoms with van der Waals surface area (Å²) in [5, 5.41) is 16.0. The standard InChI is InChI=1S/C26H38ClN3O4Si/c1-9-33-25(32)24-17(11-10-14-34-35(7,8)26(3,4)5)18-12-13-19(27)22(23(18)28-24)21-16(2)30(6)29-20(21)15-31/h12-13,28,31H,9-11,14-15H2,1-8H3. The smallest absolute Gasteiger partial charge is 0.355 e.